The van der Waals surface area contributed by atoms with Gasteiger partial charge in [0.25, 0.3) is 0 Å². The quantitative estimate of drug-likeness (QED) is 0.643. The Bertz CT molecular complexity index is 581. The van der Waals surface area contributed by atoms with Crippen molar-refractivity contribution >= 4 is 17.2 Å². The Balaban J connectivity index is 2.26. The molecular formula is C14H16N4O. The lowest BCUT2D eigenvalue weighted by molar-refractivity contribution is 0.477. The van der Waals surface area contributed by atoms with Crippen LogP contribution in [-0.2, 0) is 0 Å². The average molecular weight is 256 g/mol. The van der Waals surface area contributed by atoms with Crippen LogP contribution in [0.3, 0.4) is 0 Å². The van der Waals surface area contributed by atoms with Crippen molar-refractivity contribution in [2.75, 3.05) is 11.9 Å². The third kappa shape index (κ3) is 3.28. The first-order valence-corrected chi connectivity index (χ1v) is 6.11. The predicted molar refractivity (Wildman–Crippen MR) is 75.4 cm³/mol. The fourth-order valence-electron chi connectivity index (χ4n) is 1.64. The van der Waals surface area contributed by atoms with E-state index >= 15 is 0 Å². The molecule has 0 saturated carbocycles. The number of nitrogens with one attached hydrogen (secondary N) is 1. The molecule has 0 amide bonds. The highest BCUT2D eigenvalue weighted by atomic mass is 16.3. The first-order chi connectivity index (χ1) is 9.20. The highest BCUT2D eigenvalue weighted by Gasteiger charge is 2.05. The number of phenols is 1. The van der Waals surface area contributed by atoms with Crippen molar-refractivity contribution in [2.24, 2.45) is 10.2 Å². The number of nitrogens with zero attached hydrogens (tertiary/aromatic N) is 3. The van der Waals surface area contributed by atoms with Gasteiger partial charge in [-0.25, -0.2) is 4.98 Å². The van der Waals surface area contributed by atoms with E-state index in [1.165, 1.54) is 0 Å². The zero-order chi connectivity index (χ0) is 13.7. The SMILES string of the molecule is CCNc1cc(C)c(N=Nc2ccccn2)cc1O. The first kappa shape index (κ1) is 13.0. The monoisotopic (exact) mass is 256 g/mol. The van der Waals surface area contributed by atoms with E-state index in [2.05, 4.69) is 20.5 Å². The van der Waals surface area contributed by atoms with Crippen LogP contribution in [0.1, 0.15) is 12.5 Å². The summed E-state index contributed by atoms with van der Waals surface area (Å²) >= 11 is 0. The molecule has 0 aliphatic carbocycles. The molecule has 0 bridgehead atoms. The molecule has 98 valence electrons. The van der Waals surface area contributed by atoms with Gasteiger partial charge in [-0.15, -0.1) is 10.2 Å². The Hall–Kier alpha value is -2.43. The van der Waals surface area contributed by atoms with Crippen LogP contribution < -0.4 is 5.32 Å². The number of hydrogen-bond acceptors (Lipinski definition) is 5. The van der Waals surface area contributed by atoms with E-state index < -0.39 is 0 Å². The van der Waals surface area contributed by atoms with E-state index in [-0.39, 0.29) is 5.75 Å². The topological polar surface area (TPSA) is 69.9 Å². The van der Waals surface area contributed by atoms with Crippen molar-refractivity contribution in [3.05, 3.63) is 42.1 Å². The summed E-state index contributed by atoms with van der Waals surface area (Å²) in [5.74, 6) is 0.708. The number of benzene rings is 1. The zero-order valence-corrected chi connectivity index (χ0v) is 11.0. The molecule has 0 spiro atoms. The summed E-state index contributed by atoms with van der Waals surface area (Å²) in [6.45, 7) is 4.65. The summed E-state index contributed by atoms with van der Waals surface area (Å²) in [5.41, 5.74) is 2.27. The summed E-state index contributed by atoms with van der Waals surface area (Å²) in [6, 6.07) is 8.89. The minimum atomic E-state index is 0.169. The van der Waals surface area contributed by atoms with Gasteiger partial charge in [-0.3, -0.25) is 0 Å². The summed E-state index contributed by atoms with van der Waals surface area (Å²) in [5, 5.41) is 21.1. The molecular weight excluding hydrogens is 240 g/mol. The summed E-state index contributed by atoms with van der Waals surface area (Å²) in [4.78, 5) is 4.06. The van der Waals surface area contributed by atoms with E-state index in [9.17, 15) is 5.11 Å². The van der Waals surface area contributed by atoms with Crippen LogP contribution in [-0.4, -0.2) is 16.6 Å². The second kappa shape index (κ2) is 5.95. The van der Waals surface area contributed by atoms with E-state index in [4.69, 9.17) is 0 Å². The van der Waals surface area contributed by atoms with Gasteiger partial charge in [-0.1, -0.05) is 6.07 Å². The number of azo groups is 1. The van der Waals surface area contributed by atoms with E-state index in [1.807, 2.05) is 32.0 Å². The molecule has 2 aromatic rings. The predicted octanol–water partition coefficient (Wildman–Crippen LogP) is 3.94. The molecule has 0 fully saturated rings. The molecule has 0 atom stereocenters. The average Bonchev–Trinajstić information content (AvgIpc) is 2.42. The van der Waals surface area contributed by atoms with Crippen molar-refractivity contribution in [3.8, 4) is 5.75 Å². The van der Waals surface area contributed by atoms with Gasteiger partial charge in [-0.2, -0.15) is 0 Å². The van der Waals surface area contributed by atoms with E-state index in [1.54, 1.807) is 18.3 Å². The summed E-state index contributed by atoms with van der Waals surface area (Å²) < 4.78 is 0. The zero-order valence-electron chi connectivity index (χ0n) is 11.0. The number of anilines is 1. The third-order valence-electron chi connectivity index (χ3n) is 2.59. The number of aryl methyl sites for hydroxylation is 1. The first-order valence-electron chi connectivity index (χ1n) is 6.11. The molecule has 2 N–H and O–H groups in total. The molecule has 1 aromatic carbocycles. The maximum Gasteiger partial charge on any atom is 0.174 e. The molecule has 5 heteroatoms. The van der Waals surface area contributed by atoms with Crippen molar-refractivity contribution in [2.45, 2.75) is 13.8 Å². The summed E-state index contributed by atoms with van der Waals surface area (Å²) in [7, 11) is 0. The molecule has 0 saturated heterocycles. The number of aromatic hydroxyl groups is 1. The molecule has 0 unspecified atom stereocenters. The normalized spacial score (nSPS) is 10.8. The number of phenolic OH excluding ortho intramolecular Hbond substituents is 1. The standard InChI is InChI=1S/C14H16N4O/c1-3-15-12-8-10(2)11(9-13(12)19)17-18-14-6-4-5-7-16-14/h4-9,15,19H,3H2,1-2H3. The maximum absolute atomic E-state index is 9.86. The van der Waals surface area contributed by atoms with Crippen LogP contribution in [0.25, 0.3) is 0 Å². The Labute approximate surface area is 112 Å². The molecule has 0 radical (unpaired) electrons. The lowest BCUT2D eigenvalue weighted by Gasteiger charge is -2.08. The lowest BCUT2D eigenvalue weighted by Crippen LogP contribution is -1.96. The van der Waals surface area contributed by atoms with E-state index in [0.717, 1.165) is 12.1 Å². The molecule has 0 aliphatic heterocycles. The highest BCUT2D eigenvalue weighted by Crippen LogP contribution is 2.32. The van der Waals surface area contributed by atoms with Gasteiger partial charge in [0, 0.05) is 18.8 Å². The van der Waals surface area contributed by atoms with Crippen molar-refractivity contribution < 1.29 is 5.11 Å². The van der Waals surface area contributed by atoms with Crippen molar-refractivity contribution in [1.29, 1.82) is 0 Å². The number of hydrogen-bond donors (Lipinski definition) is 2. The minimum absolute atomic E-state index is 0.169. The third-order valence-corrected chi connectivity index (χ3v) is 2.59. The molecule has 2 rings (SSSR count). The number of rotatable bonds is 4. The molecule has 1 heterocycles. The Kier molecular flexibility index (Phi) is 4.07. The largest absolute Gasteiger partial charge is 0.506 e. The number of aromatic nitrogens is 1. The van der Waals surface area contributed by atoms with E-state index in [0.29, 0.717) is 17.2 Å². The Morgan fingerprint density at radius 1 is 1.26 bits per heavy atom. The van der Waals surface area contributed by atoms with Crippen LogP contribution >= 0.6 is 0 Å². The summed E-state index contributed by atoms with van der Waals surface area (Å²) in [6.07, 6.45) is 1.66. The van der Waals surface area contributed by atoms with Crippen LogP contribution in [0.5, 0.6) is 5.75 Å². The van der Waals surface area contributed by atoms with Gasteiger partial charge >= 0.3 is 0 Å². The van der Waals surface area contributed by atoms with Gasteiger partial charge in [0.2, 0.25) is 0 Å². The maximum atomic E-state index is 9.86. The Morgan fingerprint density at radius 3 is 2.79 bits per heavy atom. The van der Waals surface area contributed by atoms with Crippen molar-refractivity contribution in [1.82, 2.24) is 4.98 Å². The van der Waals surface area contributed by atoms with Gasteiger partial charge in [0.15, 0.2) is 5.82 Å². The van der Waals surface area contributed by atoms with Gasteiger partial charge in [0.1, 0.15) is 5.75 Å². The van der Waals surface area contributed by atoms with Crippen LogP contribution in [0, 0.1) is 6.92 Å². The number of pyridine rings is 1. The molecule has 1 aromatic heterocycles. The smallest absolute Gasteiger partial charge is 0.174 e. The van der Waals surface area contributed by atoms with Gasteiger partial charge < -0.3 is 10.4 Å². The molecule has 5 nitrogen and oxygen atoms in total. The van der Waals surface area contributed by atoms with Crippen LogP contribution in [0.15, 0.2) is 46.8 Å². The fourth-order valence-corrected chi connectivity index (χ4v) is 1.64. The van der Waals surface area contributed by atoms with Crippen LogP contribution in [0.2, 0.25) is 0 Å². The fraction of sp³-hybridized carbons (Fsp3) is 0.214. The van der Waals surface area contributed by atoms with Crippen molar-refractivity contribution in [3.63, 3.8) is 0 Å². The Morgan fingerprint density at radius 2 is 2.11 bits per heavy atom. The molecule has 19 heavy (non-hydrogen) atoms. The minimum Gasteiger partial charge on any atom is -0.506 e. The van der Waals surface area contributed by atoms with Gasteiger partial charge in [-0.05, 0) is 37.6 Å². The molecule has 0 aliphatic rings. The van der Waals surface area contributed by atoms with Gasteiger partial charge in [0.05, 0.1) is 11.4 Å². The second-order valence-electron chi connectivity index (χ2n) is 4.07. The second-order valence-corrected chi connectivity index (χ2v) is 4.07. The highest BCUT2D eigenvalue weighted by molar-refractivity contribution is 5.65. The lowest BCUT2D eigenvalue weighted by atomic mass is 10.1. The van der Waals surface area contributed by atoms with Crippen LogP contribution in [0.4, 0.5) is 17.2 Å².